The fraction of sp³-hybridized carbons (Fsp3) is 0.556. The zero-order valence-corrected chi connectivity index (χ0v) is 15.8. The van der Waals surface area contributed by atoms with Crippen LogP contribution in [-0.2, 0) is 9.59 Å². The average molecular weight is 410 g/mol. The van der Waals surface area contributed by atoms with E-state index >= 15 is 0 Å². The third-order valence-corrected chi connectivity index (χ3v) is 4.91. The molecule has 0 aromatic heterocycles. The van der Waals surface area contributed by atoms with Gasteiger partial charge in [0.15, 0.2) is 0 Å². The number of rotatable bonds is 7. The van der Waals surface area contributed by atoms with Crippen LogP contribution in [0.4, 0.5) is 0 Å². The maximum Gasteiger partial charge on any atom is 0.234 e. The first-order valence-electron chi connectivity index (χ1n) is 8.78. The zero-order valence-electron chi connectivity index (χ0n) is 14.2. The Kier molecular flexibility index (Phi) is 6.31. The molecule has 136 valence electrons. The number of carbonyl (C=O) groups excluding carboxylic acids is 2. The molecule has 2 amide bonds. The van der Waals surface area contributed by atoms with Gasteiger partial charge < -0.3 is 15.0 Å². The van der Waals surface area contributed by atoms with Crippen molar-refractivity contribution in [3.05, 3.63) is 28.7 Å². The van der Waals surface area contributed by atoms with Crippen LogP contribution in [0, 0.1) is 0 Å². The summed E-state index contributed by atoms with van der Waals surface area (Å²) in [6.45, 7) is 3.65. The Morgan fingerprint density at radius 1 is 1.20 bits per heavy atom. The minimum Gasteiger partial charge on any atom is -0.493 e. The van der Waals surface area contributed by atoms with E-state index in [4.69, 9.17) is 4.74 Å². The van der Waals surface area contributed by atoms with Gasteiger partial charge in [0.05, 0.1) is 19.6 Å². The molecule has 3 rings (SSSR count). The molecule has 6 nitrogen and oxygen atoms in total. The average Bonchev–Trinajstić information content (AvgIpc) is 3.39. The third kappa shape index (κ3) is 6.01. The Balaban J connectivity index is 1.33. The minimum absolute atomic E-state index is 0.102. The van der Waals surface area contributed by atoms with Crippen molar-refractivity contribution in [3.8, 4) is 5.75 Å². The fourth-order valence-corrected chi connectivity index (χ4v) is 3.21. The highest BCUT2D eigenvalue weighted by Gasteiger charge is 2.26. The summed E-state index contributed by atoms with van der Waals surface area (Å²) >= 11 is 3.40. The fourth-order valence-electron chi connectivity index (χ4n) is 2.83. The van der Waals surface area contributed by atoms with Gasteiger partial charge in [-0.3, -0.25) is 14.5 Å². The molecule has 1 aromatic carbocycles. The Bertz CT molecular complexity index is 613. The normalized spacial score (nSPS) is 18.0. The second kappa shape index (κ2) is 8.67. The molecule has 2 aliphatic rings. The summed E-state index contributed by atoms with van der Waals surface area (Å²) in [4.78, 5) is 28.1. The summed E-state index contributed by atoms with van der Waals surface area (Å²) in [5, 5.41) is 3.00. The number of benzene rings is 1. The van der Waals surface area contributed by atoms with Gasteiger partial charge in [0.25, 0.3) is 0 Å². The maximum atomic E-state index is 12.3. The van der Waals surface area contributed by atoms with Crippen molar-refractivity contribution in [2.24, 2.45) is 0 Å². The lowest BCUT2D eigenvalue weighted by molar-refractivity contribution is -0.133. The van der Waals surface area contributed by atoms with E-state index in [1.807, 2.05) is 29.2 Å². The van der Waals surface area contributed by atoms with E-state index in [9.17, 15) is 9.59 Å². The Labute approximate surface area is 156 Å². The quantitative estimate of drug-likeness (QED) is 0.743. The van der Waals surface area contributed by atoms with Crippen LogP contribution in [0.5, 0.6) is 5.75 Å². The standard InChI is InChI=1S/C18H24BrN3O3/c19-14-2-1-3-16(12-14)25-11-6-18(24)22-9-7-21(8-10-22)13-17(23)20-15-4-5-15/h1-3,12,15H,4-11,13H2,(H,20,23). The highest BCUT2D eigenvalue weighted by atomic mass is 79.9. The molecule has 0 atom stereocenters. The predicted molar refractivity (Wildman–Crippen MR) is 98.4 cm³/mol. The monoisotopic (exact) mass is 409 g/mol. The van der Waals surface area contributed by atoms with Gasteiger partial charge in [-0.2, -0.15) is 0 Å². The van der Waals surface area contributed by atoms with E-state index in [0.29, 0.717) is 38.7 Å². The first-order chi connectivity index (χ1) is 12.1. The molecular formula is C18H24BrN3O3. The SMILES string of the molecule is O=C(CN1CCN(C(=O)CCOc2cccc(Br)c2)CC1)NC1CC1. The molecule has 0 spiro atoms. The van der Waals surface area contributed by atoms with Crippen molar-refractivity contribution in [1.82, 2.24) is 15.1 Å². The molecule has 1 saturated carbocycles. The maximum absolute atomic E-state index is 12.3. The van der Waals surface area contributed by atoms with Gasteiger partial charge in [0.2, 0.25) is 11.8 Å². The smallest absolute Gasteiger partial charge is 0.234 e. The number of nitrogens with one attached hydrogen (secondary N) is 1. The second-order valence-electron chi connectivity index (χ2n) is 6.55. The van der Waals surface area contributed by atoms with E-state index in [1.165, 1.54) is 0 Å². The number of ether oxygens (including phenoxy) is 1. The number of amides is 2. The number of halogens is 1. The van der Waals surface area contributed by atoms with Gasteiger partial charge >= 0.3 is 0 Å². The highest BCUT2D eigenvalue weighted by molar-refractivity contribution is 9.10. The largest absolute Gasteiger partial charge is 0.493 e. The Morgan fingerprint density at radius 3 is 2.64 bits per heavy atom. The van der Waals surface area contributed by atoms with Crippen LogP contribution in [-0.4, -0.2) is 67.0 Å². The number of carbonyl (C=O) groups is 2. The molecule has 0 radical (unpaired) electrons. The van der Waals surface area contributed by atoms with Crippen LogP contribution in [0.1, 0.15) is 19.3 Å². The van der Waals surface area contributed by atoms with Gasteiger partial charge in [-0.05, 0) is 31.0 Å². The highest BCUT2D eigenvalue weighted by Crippen LogP contribution is 2.19. The molecule has 0 bridgehead atoms. The van der Waals surface area contributed by atoms with Crippen LogP contribution >= 0.6 is 15.9 Å². The number of nitrogens with zero attached hydrogens (tertiary/aromatic N) is 2. The van der Waals surface area contributed by atoms with Crippen molar-refractivity contribution >= 4 is 27.7 Å². The summed E-state index contributed by atoms with van der Waals surface area (Å²) in [6.07, 6.45) is 2.58. The molecule has 1 aliphatic carbocycles. The molecule has 1 aromatic rings. The van der Waals surface area contributed by atoms with Gasteiger partial charge in [-0.15, -0.1) is 0 Å². The van der Waals surface area contributed by atoms with E-state index in [-0.39, 0.29) is 11.8 Å². The van der Waals surface area contributed by atoms with E-state index in [2.05, 4.69) is 26.1 Å². The molecular weight excluding hydrogens is 386 g/mol. The van der Waals surface area contributed by atoms with Gasteiger partial charge in [0, 0.05) is 36.7 Å². The van der Waals surface area contributed by atoms with E-state index in [1.54, 1.807) is 0 Å². The first-order valence-corrected chi connectivity index (χ1v) is 9.57. The Hall–Kier alpha value is -1.60. The lowest BCUT2D eigenvalue weighted by Crippen LogP contribution is -2.51. The molecule has 2 fully saturated rings. The molecule has 0 unspecified atom stereocenters. The Morgan fingerprint density at radius 2 is 1.96 bits per heavy atom. The van der Waals surface area contributed by atoms with Crippen molar-refractivity contribution < 1.29 is 14.3 Å². The van der Waals surface area contributed by atoms with Gasteiger partial charge in [0.1, 0.15) is 5.75 Å². The summed E-state index contributed by atoms with van der Waals surface area (Å²) < 4.78 is 6.58. The first kappa shape index (κ1) is 18.2. The van der Waals surface area contributed by atoms with Gasteiger partial charge in [-0.25, -0.2) is 0 Å². The van der Waals surface area contributed by atoms with Crippen LogP contribution in [0.3, 0.4) is 0 Å². The summed E-state index contributed by atoms with van der Waals surface area (Å²) in [6, 6.07) is 8.00. The number of hydrogen-bond acceptors (Lipinski definition) is 4. The second-order valence-corrected chi connectivity index (χ2v) is 7.47. The van der Waals surface area contributed by atoms with Crippen LogP contribution in [0.2, 0.25) is 0 Å². The molecule has 1 saturated heterocycles. The van der Waals surface area contributed by atoms with Crippen LogP contribution in [0.25, 0.3) is 0 Å². The molecule has 7 heteroatoms. The minimum atomic E-state index is 0.102. The topological polar surface area (TPSA) is 61.9 Å². The van der Waals surface area contributed by atoms with Crippen molar-refractivity contribution in [2.75, 3.05) is 39.3 Å². The van der Waals surface area contributed by atoms with E-state index in [0.717, 1.165) is 36.2 Å². The van der Waals surface area contributed by atoms with Crippen LogP contribution in [0.15, 0.2) is 28.7 Å². The van der Waals surface area contributed by atoms with Crippen molar-refractivity contribution in [2.45, 2.75) is 25.3 Å². The number of piperazine rings is 1. The lowest BCUT2D eigenvalue weighted by atomic mass is 10.2. The van der Waals surface area contributed by atoms with Crippen LogP contribution < -0.4 is 10.1 Å². The van der Waals surface area contributed by atoms with E-state index < -0.39 is 0 Å². The third-order valence-electron chi connectivity index (χ3n) is 4.42. The predicted octanol–water partition coefficient (Wildman–Crippen LogP) is 1.64. The lowest BCUT2D eigenvalue weighted by Gasteiger charge is -2.34. The molecule has 1 aliphatic heterocycles. The zero-order chi connectivity index (χ0) is 17.6. The van der Waals surface area contributed by atoms with Crippen molar-refractivity contribution in [1.29, 1.82) is 0 Å². The summed E-state index contributed by atoms with van der Waals surface area (Å²) in [5.41, 5.74) is 0. The molecule has 1 heterocycles. The number of hydrogen-bond donors (Lipinski definition) is 1. The molecule has 1 N–H and O–H groups in total. The molecule has 25 heavy (non-hydrogen) atoms. The summed E-state index contributed by atoms with van der Waals surface area (Å²) in [7, 11) is 0. The van der Waals surface area contributed by atoms with Gasteiger partial charge in [-0.1, -0.05) is 22.0 Å². The summed E-state index contributed by atoms with van der Waals surface area (Å²) in [5.74, 6) is 0.968. The van der Waals surface area contributed by atoms with Crippen molar-refractivity contribution in [3.63, 3.8) is 0 Å².